The van der Waals surface area contributed by atoms with E-state index in [0.717, 1.165) is 10.9 Å². The maximum absolute atomic E-state index is 12.2. The molecule has 18 heavy (non-hydrogen) atoms. The number of hydrogen-bond acceptors (Lipinski definition) is 2. The smallest absolute Gasteiger partial charge is 0.251 e. The highest BCUT2D eigenvalue weighted by Gasteiger charge is 2.35. The van der Waals surface area contributed by atoms with Crippen LogP contribution in [-0.2, 0) is 0 Å². The molecule has 3 nitrogen and oxygen atoms in total. The fourth-order valence-corrected chi connectivity index (χ4v) is 3.09. The highest BCUT2D eigenvalue weighted by Crippen LogP contribution is 2.37. The summed E-state index contributed by atoms with van der Waals surface area (Å²) < 4.78 is 0.832. The molecular formula is C14H19BrN2O. The number of nitrogens with two attached hydrogens (primary N) is 1. The van der Waals surface area contributed by atoms with E-state index in [9.17, 15) is 4.79 Å². The van der Waals surface area contributed by atoms with Crippen molar-refractivity contribution in [3.63, 3.8) is 0 Å². The number of hydrogen-bond donors (Lipinski definition) is 2. The van der Waals surface area contributed by atoms with Crippen LogP contribution in [0.5, 0.6) is 0 Å². The number of nitrogens with one attached hydrogen (secondary N) is 1. The number of carbonyl (C=O) groups excluding carboxylic acids is 1. The van der Waals surface area contributed by atoms with Gasteiger partial charge in [-0.15, -0.1) is 0 Å². The normalized spacial score (nSPS) is 21.8. The minimum atomic E-state index is -0.0389. The molecule has 1 aliphatic carbocycles. The van der Waals surface area contributed by atoms with Gasteiger partial charge in [0.25, 0.3) is 5.91 Å². The summed E-state index contributed by atoms with van der Waals surface area (Å²) in [7, 11) is 0. The highest BCUT2D eigenvalue weighted by atomic mass is 79.9. The van der Waals surface area contributed by atoms with E-state index in [2.05, 4.69) is 35.1 Å². The van der Waals surface area contributed by atoms with Crippen LogP contribution in [0.15, 0.2) is 22.7 Å². The Morgan fingerprint density at radius 3 is 2.72 bits per heavy atom. The van der Waals surface area contributed by atoms with Gasteiger partial charge in [-0.2, -0.15) is 0 Å². The summed E-state index contributed by atoms with van der Waals surface area (Å²) in [5.74, 6) is -0.0389. The van der Waals surface area contributed by atoms with Gasteiger partial charge in [-0.3, -0.25) is 4.79 Å². The third kappa shape index (κ3) is 2.86. The fourth-order valence-electron chi connectivity index (χ4n) is 2.58. The predicted molar refractivity (Wildman–Crippen MR) is 77.4 cm³/mol. The zero-order valence-corrected chi connectivity index (χ0v) is 12.4. The summed E-state index contributed by atoms with van der Waals surface area (Å²) in [5, 5.41) is 3.12. The van der Waals surface area contributed by atoms with Crippen LogP contribution in [0.1, 0.15) is 43.5 Å². The maximum Gasteiger partial charge on any atom is 0.251 e. The molecule has 1 unspecified atom stereocenters. The molecule has 1 fully saturated rings. The highest BCUT2D eigenvalue weighted by molar-refractivity contribution is 9.10. The number of amides is 1. The van der Waals surface area contributed by atoms with Crippen LogP contribution in [0.4, 0.5) is 5.69 Å². The Kier molecular flexibility index (Phi) is 3.66. The van der Waals surface area contributed by atoms with Crippen LogP contribution in [0, 0.1) is 5.41 Å². The van der Waals surface area contributed by atoms with Gasteiger partial charge in [-0.05, 0) is 36.5 Å². The van der Waals surface area contributed by atoms with Crippen molar-refractivity contribution in [1.82, 2.24) is 5.32 Å². The Labute approximate surface area is 116 Å². The second kappa shape index (κ2) is 4.92. The first-order chi connectivity index (χ1) is 8.38. The first-order valence-corrected chi connectivity index (χ1v) is 7.05. The molecule has 0 aliphatic heterocycles. The number of anilines is 1. The van der Waals surface area contributed by atoms with Crippen molar-refractivity contribution in [3.8, 4) is 0 Å². The third-order valence-corrected chi connectivity index (χ3v) is 4.20. The Balaban J connectivity index is 2.12. The van der Waals surface area contributed by atoms with Crippen molar-refractivity contribution in [1.29, 1.82) is 0 Å². The van der Waals surface area contributed by atoms with Crippen LogP contribution < -0.4 is 11.1 Å². The van der Waals surface area contributed by atoms with Crippen LogP contribution in [0.3, 0.4) is 0 Å². The van der Waals surface area contributed by atoms with Crippen molar-refractivity contribution in [2.24, 2.45) is 5.41 Å². The number of benzene rings is 1. The summed E-state index contributed by atoms with van der Waals surface area (Å²) in [6.07, 6.45) is 3.40. The zero-order chi connectivity index (χ0) is 13.3. The molecule has 1 amide bonds. The number of nitrogen functional groups attached to an aromatic ring is 1. The second-order valence-electron chi connectivity index (χ2n) is 5.68. The number of halogens is 1. The molecule has 0 saturated heterocycles. The van der Waals surface area contributed by atoms with E-state index in [4.69, 9.17) is 5.73 Å². The van der Waals surface area contributed by atoms with Crippen molar-refractivity contribution in [2.75, 3.05) is 5.73 Å². The first-order valence-electron chi connectivity index (χ1n) is 6.25. The second-order valence-corrected chi connectivity index (χ2v) is 6.60. The summed E-state index contributed by atoms with van der Waals surface area (Å²) in [5.41, 5.74) is 7.15. The predicted octanol–water partition coefficient (Wildman–Crippen LogP) is 3.34. The Hall–Kier alpha value is -1.03. The Morgan fingerprint density at radius 1 is 1.44 bits per heavy atom. The fraction of sp³-hybridized carbons (Fsp3) is 0.500. The van der Waals surface area contributed by atoms with Crippen molar-refractivity contribution in [2.45, 2.75) is 39.2 Å². The molecule has 2 rings (SSSR count). The lowest BCUT2D eigenvalue weighted by molar-refractivity contribution is 0.0910. The molecule has 0 aromatic heterocycles. The van der Waals surface area contributed by atoms with Gasteiger partial charge < -0.3 is 11.1 Å². The van der Waals surface area contributed by atoms with Gasteiger partial charge in [0.05, 0.1) is 0 Å². The van der Waals surface area contributed by atoms with E-state index >= 15 is 0 Å². The minimum Gasteiger partial charge on any atom is -0.399 e. The van der Waals surface area contributed by atoms with E-state index < -0.39 is 0 Å². The molecule has 3 N–H and O–H groups in total. The quantitative estimate of drug-likeness (QED) is 0.823. The molecule has 4 heteroatoms. The summed E-state index contributed by atoms with van der Waals surface area (Å²) in [6.45, 7) is 4.42. The van der Waals surface area contributed by atoms with E-state index in [1.165, 1.54) is 12.8 Å². The standard InChI is InChI=1S/C14H19BrN2O/c1-14(2)5-3-4-12(14)17-13(18)9-6-10(15)8-11(16)7-9/h6-8,12H,3-5,16H2,1-2H3,(H,17,18). The molecule has 0 heterocycles. The summed E-state index contributed by atoms with van der Waals surface area (Å²) in [6, 6.07) is 5.55. The monoisotopic (exact) mass is 310 g/mol. The van der Waals surface area contributed by atoms with Crippen LogP contribution in [0.2, 0.25) is 0 Å². The lowest BCUT2D eigenvalue weighted by Gasteiger charge is -2.27. The lowest BCUT2D eigenvalue weighted by Crippen LogP contribution is -2.41. The zero-order valence-electron chi connectivity index (χ0n) is 10.8. The van der Waals surface area contributed by atoms with E-state index in [-0.39, 0.29) is 17.4 Å². The van der Waals surface area contributed by atoms with Crippen molar-refractivity contribution < 1.29 is 4.79 Å². The molecule has 0 spiro atoms. The molecule has 98 valence electrons. The Bertz CT molecular complexity index is 451. The molecular weight excluding hydrogens is 292 g/mol. The van der Waals surface area contributed by atoms with Crippen LogP contribution in [-0.4, -0.2) is 11.9 Å². The minimum absolute atomic E-state index is 0.0389. The van der Waals surface area contributed by atoms with E-state index in [1.807, 2.05) is 0 Å². The number of carbonyl (C=O) groups is 1. The molecule has 0 bridgehead atoms. The van der Waals surface area contributed by atoms with Crippen LogP contribution >= 0.6 is 15.9 Å². The average Bonchev–Trinajstić information content (AvgIpc) is 2.57. The molecule has 1 aromatic rings. The average molecular weight is 311 g/mol. The molecule has 1 aromatic carbocycles. The summed E-state index contributed by atoms with van der Waals surface area (Å²) >= 11 is 3.36. The lowest BCUT2D eigenvalue weighted by atomic mass is 9.87. The molecule has 1 saturated carbocycles. The van der Waals surface area contributed by atoms with Crippen LogP contribution in [0.25, 0.3) is 0 Å². The number of rotatable bonds is 2. The van der Waals surface area contributed by atoms with Gasteiger partial charge in [0.1, 0.15) is 0 Å². The van der Waals surface area contributed by atoms with Gasteiger partial charge in [-0.1, -0.05) is 36.2 Å². The SMILES string of the molecule is CC1(C)CCCC1NC(=O)c1cc(N)cc(Br)c1. The van der Waals surface area contributed by atoms with Gasteiger partial charge >= 0.3 is 0 Å². The third-order valence-electron chi connectivity index (χ3n) is 3.74. The first kappa shape index (κ1) is 13.4. The summed E-state index contributed by atoms with van der Waals surface area (Å²) in [4.78, 5) is 12.2. The molecule has 0 radical (unpaired) electrons. The van der Waals surface area contributed by atoms with Gasteiger partial charge in [-0.25, -0.2) is 0 Å². The van der Waals surface area contributed by atoms with E-state index in [0.29, 0.717) is 11.3 Å². The molecule has 1 aliphatic rings. The van der Waals surface area contributed by atoms with Gasteiger partial charge in [0.15, 0.2) is 0 Å². The largest absolute Gasteiger partial charge is 0.399 e. The topological polar surface area (TPSA) is 55.1 Å². The molecule has 1 atom stereocenters. The maximum atomic E-state index is 12.2. The van der Waals surface area contributed by atoms with Gasteiger partial charge in [0, 0.05) is 21.8 Å². The van der Waals surface area contributed by atoms with Crippen molar-refractivity contribution >= 4 is 27.5 Å². The van der Waals surface area contributed by atoms with E-state index in [1.54, 1.807) is 18.2 Å². The van der Waals surface area contributed by atoms with Gasteiger partial charge in [0.2, 0.25) is 0 Å². The van der Waals surface area contributed by atoms with Crippen molar-refractivity contribution in [3.05, 3.63) is 28.2 Å². The Morgan fingerprint density at radius 2 is 2.17 bits per heavy atom.